The third kappa shape index (κ3) is 4.07. The van der Waals surface area contributed by atoms with Gasteiger partial charge in [-0.25, -0.2) is 0 Å². The first-order valence-corrected chi connectivity index (χ1v) is 5.22. The smallest absolute Gasteiger partial charge is 0.0895 e. The third-order valence-electron chi connectivity index (χ3n) is 2.68. The van der Waals surface area contributed by atoms with Crippen LogP contribution in [-0.2, 0) is 4.74 Å². The second-order valence-corrected chi connectivity index (χ2v) is 4.12. The first-order chi connectivity index (χ1) is 6.22. The van der Waals surface area contributed by atoms with E-state index in [1.165, 1.54) is 12.8 Å². The lowest BCUT2D eigenvalue weighted by Gasteiger charge is -2.27. The molecule has 13 heavy (non-hydrogen) atoms. The second-order valence-electron chi connectivity index (χ2n) is 4.12. The minimum Gasteiger partial charge on any atom is -0.389 e. The van der Waals surface area contributed by atoms with Gasteiger partial charge in [-0.15, -0.1) is 0 Å². The van der Waals surface area contributed by atoms with E-state index in [-0.39, 0.29) is 0 Å². The van der Waals surface area contributed by atoms with Gasteiger partial charge in [0.05, 0.1) is 18.8 Å². The molecule has 3 nitrogen and oxygen atoms in total. The van der Waals surface area contributed by atoms with Crippen LogP contribution in [0, 0.1) is 5.92 Å². The van der Waals surface area contributed by atoms with Crippen LogP contribution in [0.5, 0.6) is 0 Å². The fourth-order valence-corrected chi connectivity index (χ4v) is 1.85. The van der Waals surface area contributed by atoms with E-state index in [4.69, 9.17) is 10.5 Å². The average molecular weight is 187 g/mol. The van der Waals surface area contributed by atoms with Gasteiger partial charge in [-0.05, 0) is 18.8 Å². The number of ether oxygens (including phenoxy) is 1. The van der Waals surface area contributed by atoms with Gasteiger partial charge in [-0.1, -0.05) is 19.8 Å². The molecule has 1 aliphatic rings. The molecule has 1 fully saturated rings. The molecule has 0 aliphatic heterocycles. The van der Waals surface area contributed by atoms with Crippen molar-refractivity contribution in [2.75, 3.05) is 13.2 Å². The summed E-state index contributed by atoms with van der Waals surface area (Å²) in [5, 5.41) is 9.20. The molecule has 1 rings (SSSR count). The molecule has 0 aromatic heterocycles. The van der Waals surface area contributed by atoms with Crippen LogP contribution in [-0.4, -0.2) is 30.5 Å². The van der Waals surface area contributed by atoms with Gasteiger partial charge in [0.25, 0.3) is 0 Å². The van der Waals surface area contributed by atoms with Crippen LogP contribution in [0.2, 0.25) is 0 Å². The number of hydrogen-bond donors (Lipinski definition) is 2. The molecule has 78 valence electrons. The predicted molar refractivity (Wildman–Crippen MR) is 52.4 cm³/mol. The highest BCUT2D eigenvalue weighted by molar-refractivity contribution is 4.71. The van der Waals surface area contributed by atoms with Crippen LogP contribution in [0.1, 0.15) is 32.6 Å². The maximum absolute atomic E-state index is 9.20. The van der Waals surface area contributed by atoms with Crippen molar-refractivity contribution in [3.8, 4) is 0 Å². The topological polar surface area (TPSA) is 55.5 Å². The second kappa shape index (κ2) is 5.58. The lowest BCUT2D eigenvalue weighted by atomic mass is 9.89. The highest BCUT2D eigenvalue weighted by Gasteiger charge is 2.19. The molecule has 0 amide bonds. The maximum atomic E-state index is 9.20. The van der Waals surface area contributed by atoms with E-state index >= 15 is 0 Å². The molecule has 0 saturated heterocycles. The number of aliphatic hydroxyl groups is 1. The molecule has 1 saturated carbocycles. The lowest BCUT2D eigenvalue weighted by Crippen LogP contribution is -2.30. The Hall–Kier alpha value is -0.120. The van der Waals surface area contributed by atoms with Gasteiger partial charge in [-0.2, -0.15) is 0 Å². The van der Waals surface area contributed by atoms with Crippen LogP contribution in [0.3, 0.4) is 0 Å². The zero-order valence-electron chi connectivity index (χ0n) is 8.41. The van der Waals surface area contributed by atoms with Gasteiger partial charge < -0.3 is 15.6 Å². The lowest BCUT2D eigenvalue weighted by molar-refractivity contribution is -0.0285. The van der Waals surface area contributed by atoms with Crippen molar-refractivity contribution >= 4 is 0 Å². The first-order valence-electron chi connectivity index (χ1n) is 5.22. The summed E-state index contributed by atoms with van der Waals surface area (Å²) in [4.78, 5) is 0. The maximum Gasteiger partial charge on any atom is 0.0895 e. The Labute approximate surface area is 80.3 Å². The summed E-state index contributed by atoms with van der Waals surface area (Å²) in [6.07, 6.45) is 4.71. The third-order valence-corrected chi connectivity index (χ3v) is 2.68. The highest BCUT2D eigenvalue weighted by Crippen LogP contribution is 2.25. The van der Waals surface area contributed by atoms with Crippen molar-refractivity contribution in [3.63, 3.8) is 0 Å². The van der Waals surface area contributed by atoms with Gasteiger partial charge in [-0.3, -0.25) is 0 Å². The van der Waals surface area contributed by atoms with Crippen molar-refractivity contribution in [2.45, 2.75) is 44.8 Å². The molecule has 3 N–H and O–H groups in total. The molecule has 3 unspecified atom stereocenters. The number of hydrogen-bond acceptors (Lipinski definition) is 3. The summed E-state index contributed by atoms with van der Waals surface area (Å²) in [6, 6.07) is 0. The van der Waals surface area contributed by atoms with Crippen LogP contribution in [0.15, 0.2) is 0 Å². The fourth-order valence-electron chi connectivity index (χ4n) is 1.85. The van der Waals surface area contributed by atoms with Crippen molar-refractivity contribution in [1.82, 2.24) is 0 Å². The number of rotatable bonds is 4. The molecule has 0 aromatic carbocycles. The standard InChI is InChI=1S/C10H21NO2/c1-8-3-2-4-10(5-8)13-7-9(12)6-11/h8-10,12H,2-7,11H2,1H3. The zero-order valence-corrected chi connectivity index (χ0v) is 8.41. The number of aliphatic hydroxyl groups excluding tert-OH is 1. The van der Waals surface area contributed by atoms with Crippen molar-refractivity contribution in [1.29, 1.82) is 0 Å². The summed E-state index contributed by atoms with van der Waals surface area (Å²) >= 11 is 0. The minimum absolute atomic E-state index is 0.294. The van der Waals surface area contributed by atoms with E-state index in [1.54, 1.807) is 0 Å². The van der Waals surface area contributed by atoms with Crippen molar-refractivity contribution < 1.29 is 9.84 Å². The molecule has 0 bridgehead atoms. The van der Waals surface area contributed by atoms with E-state index in [0.717, 1.165) is 18.8 Å². The molecular formula is C10H21NO2. The van der Waals surface area contributed by atoms with Gasteiger partial charge >= 0.3 is 0 Å². The molecule has 3 heteroatoms. The van der Waals surface area contributed by atoms with E-state index in [0.29, 0.717) is 19.3 Å². The SMILES string of the molecule is CC1CCCC(OCC(O)CN)C1. The molecule has 1 aliphatic carbocycles. The molecule has 0 radical (unpaired) electrons. The quantitative estimate of drug-likeness (QED) is 0.687. The summed E-state index contributed by atoms with van der Waals surface area (Å²) in [5.41, 5.74) is 5.28. The Morgan fingerprint density at radius 1 is 1.54 bits per heavy atom. The fraction of sp³-hybridized carbons (Fsp3) is 1.00. The predicted octanol–water partition coefficient (Wildman–Crippen LogP) is 0.901. The van der Waals surface area contributed by atoms with Crippen LogP contribution >= 0.6 is 0 Å². The summed E-state index contributed by atoms with van der Waals surface area (Å²) in [6.45, 7) is 2.95. The van der Waals surface area contributed by atoms with Crippen molar-refractivity contribution in [2.24, 2.45) is 11.7 Å². The van der Waals surface area contributed by atoms with Gasteiger partial charge in [0.2, 0.25) is 0 Å². The van der Waals surface area contributed by atoms with Crippen LogP contribution in [0.4, 0.5) is 0 Å². The Morgan fingerprint density at radius 2 is 2.31 bits per heavy atom. The molecule has 0 spiro atoms. The monoisotopic (exact) mass is 187 g/mol. The Balaban J connectivity index is 2.13. The molecule has 0 heterocycles. The highest BCUT2D eigenvalue weighted by atomic mass is 16.5. The number of nitrogens with two attached hydrogens (primary N) is 1. The van der Waals surface area contributed by atoms with E-state index in [9.17, 15) is 5.11 Å². The average Bonchev–Trinajstić information content (AvgIpc) is 2.14. The first kappa shape index (κ1) is 11.0. The van der Waals surface area contributed by atoms with Crippen LogP contribution in [0.25, 0.3) is 0 Å². The normalized spacial score (nSPS) is 31.6. The largest absolute Gasteiger partial charge is 0.389 e. The zero-order chi connectivity index (χ0) is 9.68. The van der Waals surface area contributed by atoms with E-state index in [1.807, 2.05) is 0 Å². The Bertz CT molecular complexity index is 141. The summed E-state index contributed by atoms with van der Waals surface area (Å²) < 4.78 is 5.58. The van der Waals surface area contributed by atoms with Gasteiger partial charge in [0.15, 0.2) is 0 Å². The van der Waals surface area contributed by atoms with Crippen LogP contribution < -0.4 is 5.73 Å². The summed E-state index contributed by atoms with van der Waals surface area (Å²) in [5.74, 6) is 0.772. The van der Waals surface area contributed by atoms with Gasteiger partial charge in [0, 0.05) is 6.54 Å². The van der Waals surface area contributed by atoms with E-state index < -0.39 is 6.10 Å². The molecule has 3 atom stereocenters. The van der Waals surface area contributed by atoms with Crippen molar-refractivity contribution in [3.05, 3.63) is 0 Å². The minimum atomic E-state index is -0.489. The molecule has 0 aromatic rings. The Kier molecular flexibility index (Phi) is 4.70. The molecular weight excluding hydrogens is 166 g/mol. The summed E-state index contributed by atoms with van der Waals surface area (Å²) in [7, 11) is 0. The Morgan fingerprint density at radius 3 is 2.92 bits per heavy atom. The van der Waals surface area contributed by atoms with Gasteiger partial charge in [0.1, 0.15) is 0 Å². The van der Waals surface area contributed by atoms with E-state index in [2.05, 4.69) is 6.92 Å².